The van der Waals surface area contributed by atoms with Crippen molar-refractivity contribution in [3.8, 4) is 5.75 Å². The zero-order chi connectivity index (χ0) is 26.1. The first-order chi connectivity index (χ1) is 17.8. The van der Waals surface area contributed by atoms with Gasteiger partial charge in [0.05, 0.1) is 11.1 Å². The van der Waals surface area contributed by atoms with Crippen molar-refractivity contribution >= 4 is 28.6 Å². The van der Waals surface area contributed by atoms with Gasteiger partial charge in [0.25, 0.3) is 17.7 Å². The van der Waals surface area contributed by atoms with Crippen molar-refractivity contribution in [2.75, 3.05) is 40.3 Å². The number of hydrogen-bond donors (Lipinski definition) is 3. The Labute approximate surface area is 215 Å². The molecule has 2 aromatic carbocycles. The standard InChI is InChI=1S/C27H32N6O4/c1-31(2)11-8-28-25(35)17-6-7-18-15-33(16-19(18)12-17)26(36)21-13-20-22(14-23(21)34)29-30-24(20)27(37)32-9-4-3-5-10-32/h6-7,12-14,34H,3-5,8-11,15-16H2,1-2H3,(H,28,35)(H,29,30). The van der Waals surface area contributed by atoms with Crippen LogP contribution in [0.4, 0.5) is 0 Å². The van der Waals surface area contributed by atoms with Crippen LogP contribution in [0.2, 0.25) is 0 Å². The Balaban J connectivity index is 1.34. The highest BCUT2D eigenvalue weighted by molar-refractivity contribution is 6.08. The summed E-state index contributed by atoms with van der Waals surface area (Å²) in [5.74, 6) is -0.830. The van der Waals surface area contributed by atoms with E-state index < -0.39 is 0 Å². The van der Waals surface area contributed by atoms with Crippen LogP contribution in [0.1, 0.15) is 61.6 Å². The molecule has 3 heterocycles. The zero-order valence-electron chi connectivity index (χ0n) is 21.2. The molecule has 1 aromatic heterocycles. The number of fused-ring (bicyclic) bond motifs is 2. The second-order valence-corrected chi connectivity index (χ2v) is 10.0. The normalized spacial score (nSPS) is 15.3. The van der Waals surface area contributed by atoms with E-state index >= 15 is 0 Å². The van der Waals surface area contributed by atoms with Crippen molar-refractivity contribution in [1.29, 1.82) is 0 Å². The SMILES string of the molecule is CN(C)CCNC(=O)c1ccc2c(c1)CN(C(=O)c1cc3c(C(=O)N4CCCCC4)n[nH]c3cc1O)C2. The van der Waals surface area contributed by atoms with E-state index in [-0.39, 0.29) is 34.7 Å². The number of rotatable bonds is 6. The first-order valence-corrected chi connectivity index (χ1v) is 12.7. The van der Waals surface area contributed by atoms with Gasteiger partial charge in [-0.3, -0.25) is 19.5 Å². The topological polar surface area (TPSA) is 122 Å². The van der Waals surface area contributed by atoms with E-state index in [0.29, 0.717) is 49.2 Å². The second-order valence-electron chi connectivity index (χ2n) is 10.0. The minimum atomic E-state index is -0.342. The van der Waals surface area contributed by atoms with Gasteiger partial charge in [-0.25, -0.2) is 0 Å². The first-order valence-electron chi connectivity index (χ1n) is 12.7. The Morgan fingerprint density at radius 1 is 1.00 bits per heavy atom. The van der Waals surface area contributed by atoms with Gasteiger partial charge in [-0.15, -0.1) is 0 Å². The minimum absolute atomic E-state index is 0.121. The number of carbonyl (C=O) groups is 3. The number of carbonyl (C=O) groups excluding carboxylic acids is 3. The molecular weight excluding hydrogens is 472 g/mol. The van der Waals surface area contributed by atoms with Crippen LogP contribution in [0.3, 0.4) is 0 Å². The molecule has 1 fully saturated rings. The van der Waals surface area contributed by atoms with Crippen molar-refractivity contribution in [2.45, 2.75) is 32.4 Å². The molecule has 0 saturated carbocycles. The fraction of sp³-hybridized carbons (Fsp3) is 0.407. The molecule has 3 amide bonds. The Morgan fingerprint density at radius 3 is 2.51 bits per heavy atom. The van der Waals surface area contributed by atoms with E-state index in [1.165, 1.54) is 6.07 Å². The molecule has 2 aliphatic rings. The highest BCUT2D eigenvalue weighted by Gasteiger charge is 2.29. The van der Waals surface area contributed by atoms with Crippen molar-refractivity contribution < 1.29 is 19.5 Å². The average Bonchev–Trinajstić information content (AvgIpc) is 3.51. The zero-order valence-corrected chi connectivity index (χ0v) is 21.2. The monoisotopic (exact) mass is 504 g/mol. The summed E-state index contributed by atoms with van der Waals surface area (Å²) < 4.78 is 0. The van der Waals surface area contributed by atoms with Gasteiger partial charge in [0.1, 0.15) is 5.75 Å². The number of piperidine rings is 1. The molecule has 194 valence electrons. The summed E-state index contributed by atoms with van der Waals surface area (Å²) in [6, 6.07) is 8.47. The highest BCUT2D eigenvalue weighted by Crippen LogP contribution is 2.31. The van der Waals surface area contributed by atoms with Gasteiger partial charge in [-0.2, -0.15) is 5.10 Å². The molecule has 5 rings (SSSR count). The number of amides is 3. The number of hydrogen-bond acceptors (Lipinski definition) is 6. The van der Waals surface area contributed by atoms with Crippen LogP contribution in [0, 0.1) is 0 Å². The third-order valence-corrected chi connectivity index (χ3v) is 7.08. The molecule has 0 spiro atoms. The highest BCUT2D eigenvalue weighted by atomic mass is 16.3. The number of nitrogens with one attached hydrogen (secondary N) is 2. The summed E-state index contributed by atoms with van der Waals surface area (Å²) in [4.78, 5) is 44.5. The van der Waals surface area contributed by atoms with Crippen molar-refractivity contribution in [2.24, 2.45) is 0 Å². The second kappa shape index (κ2) is 10.2. The Bertz CT molecular complexity index is 1360. The molecule has 10 nitrogen and oxygen atoms in total. The number of phenolic OH excluding ortho intramolecular Hbond substituents is 1. The van der Waals surface area contributed by atoms with E-state index in [1.54, 1.807) is 21.9 Å². The van der Waals surface area contributed by atoms with Crippen LogP contribution in [0.15, 0.2) is 30.3 Å². The fourth-order valence-corrected chi connectivity index (χ4v) is 4.98. The van der Waals surface area contributed by atoms with Gasteiger partial charge in [0.2, 0.25) is 0 Å². The Morgan fingerprint density at radius 2 is 1.76 bits per heavy atom. The van der Waals surface area contributed by atoms with Crippen LogP contribution < -0.4 is 5.32 Å². The third kappa shape index (κ3) is 5.01. The maximum atomic E-state index is 13.5. The largest absolute Gasteiger partial charge is 0.507 e. The number of aromatic hydroxyl groups is 1. The summed E-state index contributed by atoms with van der Waals surface area (Å²) in [7, 11) is 3.89. The molecule has 2 aliphatic heterocycles. The van der Waals surface area contributed by atoms with Gasteiger partial charge < -0.3 is 25.1 Å². The number of aromatic nitrogens is 2. The summed E-state index contributed by atoms with van der Waals surface area (Å²) in [5, 5.41) is 21.1. The minimum Gasteiger partial charge on any atom is -0.507 e. The van der Waals surface area contributed by atoms with Crippen molar-refractivity contribution in [3.05, 3.63) is 58.3 Å². The predicted molar refractivity (Wildman–Crippen MR) is 138 cm³/mol. The smallest absolute Gasteiger partial charge is 0.274 e. The van der Waals surface area contributed by atoms with Gasteiger partial charge in [-0.05, 0) is 62.7 Å². The number of likely N-dealkylation sites (tertiary alicyclic amines) is 1. The quantitative estimate of drug-likeness (QED) is 0.474. The van der Waals surface area contributed by atoms with E-state index in [0.717, 1.165) is 36.9 Å². The van der Waals surface area contributed by atoms with Crippen LogP contribution in [0.5, 0.6) is 5.75 Å². The molecule has 3 aromatic rings. The summed E-state index contributed by atoms with van der Waals surface area (Å²) >= 11 is 0. The van der Waals surface area contributed by atoms with Crippen LogP contribution >= 0.6 is 0 Å². The first kappa shape index (κ1) is 24.8. The molecule has 0 radical (unpaired) electrons. The molecule has 0 atom stereocenters. The summed E-state index contributed by atoms with van der Waals surface area (Å²) in [6.07, 6.45) is 3.04. The molecule has 37 heavy (non-hydrogen) atoms. The molecule has 10 heteroatoms. The summed E-state index contributed by atoms with van der Waals surface area (Å²) in [6.45, 7) is 3.38. The van der Waals surface area contributed by atoms with Gasteiger partial charge >= 0.3 is 0 Å². The summed E-state index contributed by atoms with van der Waals surface area (Å²) in [5.41, 5.74) is 3.30. The molecular formula is C27H32N6O4. The number of likely N-dealkylation sites (N-methyl/N-ethyl adjacent to an activating group) is 1. The lowest BCUT2D eigenvalue weighted by Gasteiger charge is -2.26. The molecule has 0 aliphatic carbocycles. The number of phenols is 1. The van der Waals surface area contributed by atoms with Gasteiger partial charge in [0.15, 0.2) is 5.69 Å². The van der Waals surface area contributed by atoms with Crippen LogP contribution in [0.25, 0.3) is 10.9 Å². The van der Waals surface area contributed by atoms with E-state index in [2.05, 4.69) is 15.5 Å². The van der Waals surface area contributed by atoms with Gasteiger partial charge in [-0.1, -0.05) is 6.07 Å². The average molecular weight is 505 g/mol. The van der Waals surface area contributed by atoms with Crippen molar-refractivity contribution in [1.82, 2.24) is 30.2 Å². The maximum Gasteiger partial charge on any atom is 0.274 e. The van der Waals surface area contributed by atoms with E-state index in [4.69, 9.17) is 0 Å². The molecule has 0 bridgehead atoms. The van der Waals surface area contributed by atoms with E-state index in [9.17, 15) is 19.5 Å². The molecule has 1 saturated heterocycles. The van der Waals surface area contributed by atoms with E-state index in [1.807, 2.05) is 31.1 Å². The molecule has 0 unspecified atom stereocenters. The lowest BCUT2D eigenvalue weighted by Crippen LogP contribution is -2.35. The Kier molecular flexibility index (Phi) is 6.84. The predicted octanol–water partition coefficient (Wildman–Crippen LogP) is 2.34. The Hall–Kier alpha value is -3.92. The third-order valence-electron chi connectivity index (χ3n) is 7.08. The maximum absolute atomic E-state index is 13.5. The number of nitrogens with zero attached hydrogens (tertiary/aromatic N) is 4. The fourth-order valence-electron chi connectivity index (χ4n) is 4.98. The lowest BCUT2D eigenvalue weighted by molar-refractivity contribution is 0.0717. The van der Waals surface area contributed by atoms with Crippen LogP contribution in [-0.2, 0) is 13.1 Å². The van der Waals surface area contributed by atoms with Crippen LogP contribution in [-0.4, -0.2) is 88.0 Å². The lowest BCUT2D eigenvalue weighted by atomic mass is 10.1. The number of benzene rings is 2. The number of H-pyrrole nitrogens is 1. The van der Waals surface area contributed by atoms with Crippen molar-refractivity contribution in [3.63, 3.8) is 0 Å². The molecule has 3 N–H and O–H groups in total. The van der Waals surface area contributed by atoms with Gasteiger partial charge in [0, 0.05) is 56.3 Å². The number of aromatic amines is 1.